The van der Waals surface area contributed by atoms with E-state index in [2.05, 4.69) is 31.0 Å². The molecule has 0 spiro atoms. The van der Waals surface area contributed by atoms with Gasteiger partial charge in [0.15, 0.2) is 0 Å². The van der Waals surface area contributed by atoms with Gasteiger partial charge in [0.1, 0.15) is 5.71 Å². The van der Waals surface area contributed by atoms with Gasteiger partial charge in [-0.2, -0.15) is 0 Å². The summed E-state index contributed by atoms with van der Waals surface area (Å²) < 4.78 is 0. The minimum Gasteiger partial charge on any atom is -0.346 e. The summed E-state index contributed by atoms with van der Waals surface area (Å²) in [6, 6.07) is 0.589. The molecule has 21 heavy (non-hydrogen) atoms. The van der Waals surface area contributed by atoms with Crippen LogP contribution in [-0.2, 0) is 4.79 Å². The number of rotatable bonds is 6. The number of carbonyl (C=O) groups is 1. The summed E-state index contributed by atoms with van der Waals surface area (Å²) in [5.74, 6) is 0.466. The van der Waals surface area contributed by atoms with Crippen molar-refractivity contribution in [3.8, 4) is 0 Å². The molecule has 2 atom stereocenters. The van der Waals surface area contributed by atoms with E-state index in [1.165, 1.54) is 6.21 Å². The molecule has 0 bridgehead atoms. The van der Waals surface area contributed by atoms with Crippen LogP contribution < -0.4 is 5.32 Å². The lowest BCUT2D eigenvalue weighted by Gasteiger charge is -2.20. The predicted molar refractivity (Wildman–Crippen MR) is 85.1 cm³/mol. The number of amides is 1. The van der Waals surface area contributed by atoms with Crippen molar-refractivity contribution in [1.82, 2.24) is 10.2 Å². The average molecular weight is 290 g/mol. The smallest absolute Gasteiger partial charge is 0.269 e. The largest absolute Gasteiger partial charge is 0.346 e. The number of hydrogen-bond donors (Lipinski definition) is 3. The normalized spacial score (nSPS) is 27.0. The lowest BCUT2D eigenvalue weighted by atomic mass is 10.1. The van der Waals surface area contributed by atoms with E-state index in [1.807, 2.05) is 0 Å². The molecule has 0 aromatic carbocycles. The van der Waals surface area contributed by atoms with Gasteiger partial charge >= 0.3 is 0 Å². The highest BCUT2D eigenvalue weighted by molar-refractivity contribution is 6.42. The zero-order chi connectivity index (χ0) is 15.6. The van der Waals surface area contributed by atoms with Crippen molar-refractivity contribution in [3.63, 3.8) is 0 Å². The Bertz CT molecular complexity index is 465. The summed E-state index contributed by atoms with van der Waals surface area (Å²) >= 11 is 0. The number of likely N-dealkylation sites (tertiary alicyclic amines) is 1. The Balaban J connectivity index is 1.92. The van der Waals surface area contributed by atoms with Gasteiger partial charge in [0, 0.05) is 31.4 Å². The van der Waals surface area contributed by atoms with Crippen LogP contribution >= 0.6 is 0 Å². The number of hydrogen-bond acceptors (Lipinski definition) is 4. The van der Waals surface area contributed by atoms with Crippen LogP contribution in [0, 0.1) is 22.7 Å². The maximum atomic E-state index is 12.1. The molecule has 2 fully saturated rings. The van der Waals surface area contributed by atoms with Crippen LogP contribution in [0.4, 0.5) is 0 Å². The third kappa shape index (κ3) is 4.00. The zero-order valence-electron chi connectivity index (χ0n) is 13.1. The Morgan fingerprint density at radius 2 is 2.00 bits per heavy atom. The standard InChI is InChI=1S/C16H26N4O/c1-10(2)20-8-11(3)15(9-20)19-16(21)14(18)6-13(7-17)12-4-5-12/h6-7,10-12,15,17-18H,4-5,8-9H2,1-3H3,(H,19,21)/b13-6+,17-7?,18-14?/t11-,15+/m1/s1. The molecule has 0 radical (unpaired) electrons. The number of nitrogens with one attached hydrogen (secondary N) is 3. The maximum absolute atomic E-state index is 12.1. The maximum Gasteiger partial charge on any atom is 0.269 e. The lowest BCUT2D eigenvalue weighted by molar-refractivity contribution is -0.115. The Kier molecular flexibility index (Phi) is 4.93. The van der Waals surface area contributed by atoms with E-state index in [4.69, 9.17) is 10.8 Å². The second-order valence-corrected chi connectivity index (χ2v) is 6.58. The van der Waals surface area contributed by atoms with Crippen molar-refractivity contribution in [2.45, 2.75) is 45.7 Å². The van der Waals surface area contributed by atoms with E-state index in [9.17, 15) is 4.79 Å². The van der Waals surface area contributed by atoms with E-state index in [1.54, 1.807) is 6.08 Å². The summed E-state index contributed by atoms with van der Waals surface area (Å²) in [5, 5.41) is 18.3. The van der Waals surface area contributed by atoms with Crippen molar-refractivity contribution in [1.29, 1.82) is 10.8 Å². The third-order valence-electron chi connectivity index (χ3n) is 4.46. The fraction of sp³-hybridized carbons (Fsp3) is 0.688. The fourth-order valence-electron chi connectivity index (χ4n) is 2.79. The lowest BCUT2D eigenvalue weighted by Crippen LogP contribution is -2.43. The molecule has 1 saturated carbocycles. The Hall–Kier alpha value is -1.49. The van der Waals surface area contributed by atoms with Crippen LogP contribution in [0.1, 0.15) is 33.6 Å². The second-order valence-electron chi connectivity index (χ2n) is 6.58. The van der Waals surface area contributed by atoms with Crippen LogP contribution in [0.5, 0.6) is 0 Å². The van der Waals surface area contributed by atoms with E-state index < -0.39 is 0 Å². The first-order valence-electron chi connectivity index (χ1n) is 7.78. The van der Waals surface area contributed by atoms with Gasteiger partial charge in [0.05, 0.1) is 0 Å². The van der Waals surface area contributed by atoms with Crippen molar-refractivity contribution < 1.29 is 4.79 Å². The third-order valence-corrected chi connectivity index (χ3v) is 4.46. The minimum atomic E-state index is -0.322. The summed E-state index contributed by atoms with van der Waals surface area (Å²) in [5.41, 5.74) is 0.772. The molecule has 116 valence electrons. The topological polar surface area (TPSA) is 80.0 Å². The van der Waals surface area contributed by atoms with E-state index in [0.29, 0.717) is 17.9 Å². The monoisotopic (exact) mass is 290 g/mol. The fourth-order valence-corrected chi connectivity index (χ4v) is 2.79. The minimum absolute atomic E-state index is 0.0319. The van der Waals surface area contributed by atoms with Gasteiger partial charge in [-0.25, -0.2) is 0 Å². The summed E-state index contributed by atoms with van der Waals surface area (Å²) in [6.45, 7) is 8.29. The molecule has 0 aromatic rings. The molecular weight excluding hydrogens is 264 g/mol. The van der Waals surface area contributed by atoms with Gasteiger partial charge in [-0.15, -0.1) is 0 Å². The SMILES string of the molecule is CC(C)N1C[C@@H](C)[C@@H](NC(=O)C(=N)/C=C(\C=N)C2CC2)C1. The molecule has 1 aliphatic carbocycles. The molecule has 2 rings (SSSR count). The molecule has 3 N–H and O–H groups in total. The summed E-state index contributed by atoms with van der Waals surface area (Å²) in [7, 11) is 0. The predicted octanol–water partition coefficient (Wildman–Crippen LogP) is 1.84. The molecular formula is C16H26N4O. The van der Waals surface area contributed by atoms with Crippen molar-refractivity contribution in [2.75, 3.05) is 13.1 Å². The van der Waals surface area contributed by atoms with Crippen molar-refractivity contribution >= 4 is 17.8 Å². The summed E-state index contributed by atoms with van der Waals surface area (Å²) in [4.78, 5) is 14.5. The first kappa shape index (κ1) is 15.9. The van der Waals surface area contributed by atoms with Crippen LogP contribution in [0.3, 0.4) is 0 Å². The summed E-state index contributed by atoms with van der Waals surface area (Å²) in [6.07, 6.45) is 4.97. The molecule has 5 nitrogen and oxygen atoms in total. The molecule has 1 aliphatic heterocycles. The van der Waals surface area contributed by atoms with Gasteiger partial charge in [-0.1, -0.05) is 6.92 Å². The Labute approximate surface area is 126 Å². The molecule has 2 aliphatic rings. The quantitative estimate of drug-likeness (QED) is 0.652. The van der Waals surface area contributed by atoms with Gasteiger partial charge in [0.25, 0.3) is 5.91 Å². The van der Waals surface area contributed by atoms with E-state index in [0.717, 1.165) is 31.5 Å². The van der Waals surface area contributed by atoms with Gasteiger partial charge in [-0.3, -0.25) is 15.1 Å². The van der Waals surface area contributed by atoms with Crippen LogP contribution in [0.2, 0.25) is 0 Å². The van der Waals surface area contributed by atoms with E-state index in [-0.39, 0.29) is 17.7 Å². The van der Waals surface area contributed by atoms with Crippen LogP contribution in [-0.4, -0.2) is 47.9 Å². The number of carbonyl (C=O) groups excluding carboxylic acids is 1. The van der Waals surface area contributed by atoms with Gasteiger partial charge < -0.3 is 10.7 Å². The number of allylic oxidation sites excluding steroid dienone is 1. The van der Waals surface area contributed by atoms with Crippen molar-refractivity contribution in [3.05, 3.63) is 11.6 Å². The molecule has 0 unspecified atom stereocenters. The van der Waals surface area contributed by atoms with Crippen molar-refractivity contribution in [2.24, 2.45) is 11.8 Å². The first-order valence-corrected chi connectivity index (χ1v) is 7.78. The Morgan fingerprint density at radius 3 is 2.48 bits per heavy atom. The van der Waals surface area contributed by atoms with Gasteiger partial charge in [0.2, 0.25) is 0 Å². The van der Waals surface area contributed by atoms with Crippen LogP contribution in [0.15, 0.2) is 11.6 Å². The highest BCUT2D eigenvalue weighted by atomic mass is 16.1. The Morgan fingerprint density at radius 1 is 1.33 bits per heavy atom. The average Bonchev–Trinajstić information content (AvgIpc) is 3.21. The second kappa shape index (κ2) is 6.52. The first-order chi connectivity index (χ1) is 9.92. The molecule has 1 saturated heterocycles. The number of nitrogens with zero attached hydrogens (tertiary/aromatic N) is 1. The van der Waals surface area contributed by atoms with Crippen LogP contribution in [0.25, 0.3) is 0 Å². The molecule has 1 heterocycles. The highest BCUT2D eigenvalue weighted by Crippen LogP contribution is 2.35. The molecule has 1 amide bonds. The van der Waals surface area contributed by atoms with Gasteiger partial charge in [-0.05, 0) is 50.2 Å². The molecule has 0 aromatic heterocycles. The molecule has 5 heteroatoms. The highest BCUT2D eigenvalue weighted by Gasteiger charge is 2.32. The van der Waals surface area contributed by atoms with E-state index >= 15 is 0 Å². The zero-order valence-corrected chi connectivity index (χ0v) is 13.1.